The fraction of sp³-hybridized carbons (Fsp3) is 0.667. The Labute approximate surface area is 134 Å². The summed E-state index contributed by atoms with van der Waals surface area (Å²) in [5.41, 5.74) is 0.877. The number of thiazole rings is 1. The van der Waals surface area contributed by atoms with Crippen LogP contribution < -0.4 is 0 Å². The van der Waals surface area contributed by atoms with E-state index in [1.165, 1.54) is 12.8 Å². The number of carbonyl (C=O) groups excluding carboxylic acids is 2. The van der Waals surface area contributed by atoms with Gasteiger partial charge in [-0.05, 0) is 25.9 Å². The Balaban J connectivity index is 1.49. The number of hydrogen-bond donors (Lipinski definition) is 0. The molecule has 2 fully saturated rings. The molecule has 0 bridgehead atoms. The summed E-state index contributed by atoms with van der Waals surface area (Å²) in [5.74, 6) is 0.114. The quantitative estimate of drug-likeness (QED) is 0.744. The summed E-state index contributed by atoms with van der Waals surface area (Å²) in [7, 11) is 0. The normalized spacial score (nSPS) is 19.6. The van der Waals surface area contributed by atoms with Crippen molar-refractivity contribution in [2.24, 2.45) is 0 Å². The molecule has 0 aromatic carbocycles. The third kappa shape index (κ3) is 3.84. The number of piperazine rings is 1. The van der Waals surface area contributed by atoms with Crippen LogP contribution in [-0.4, -0.2) is 71.3 Å². The van der Waals surface area contributed by atoms with E-state index in [-0.39, 0.29) is 5.91 Å². The number of likely N-dealkylation sites (tertiary alicyclic amines) is 1. The summed E-state index contributed by atoms with van der Waals surface area (Å²) in [6.07, 6.45) is 3.79. The minimum atomic E-state index is 0.114. The van der Waals surface area contributed by atoms with Gasteiger partial charge in [0.25, 0.3) is 0 Å². The lowest BCUT2D eigenvalue weighted by Gasteiger charge is -2.32. The molecule has 2 aliphatic heterocycles. The number of nitrogens with zero attached hydrogens (tertiary/aromatic N) is 4. The average Bonchev–Trinajstić information content (AvgIpc) is 3.20. The van der Waals surface area contributed by atoms with Crippen LogP contribution in [0.2, 0.25) is 0 Å². The highest BCUT2D eigenvalue weighted by molar-refractivity contribution is 7.09. The molecule has 2 amide bonds. The molecular weight excluding hydrogens is 300 g/mol. The van der Waals surface area contributed by atoms with Gasteiger partial charge in [-0.15, -0.1) is 11.3 Å². The van der Waals surface area contributed by atoms with Gasteiger partial charge in [-0.1, -0.05) is 0 Å². The zero-order chi connectivity index (χ0) is 15.4. The second-order valence-electron chi connectivity index (χ2n) is 5.91. The first-order valence-corrected chi connectivity index (χ1v) is 8.75. The molecule has 6 nitrogen and oxygen atoms in total. The minimum absolute atomic E-state index is 0.114. The number of aromatic nitrogens is 1. The topological polar surface area (TPSA) is 56.8 Å². The minimum Gasteiger partial charge on any atom is -0.342 e. The van der Waals surface area contributed by atoms with E-state index in [0.29, 0.717) is 32.6 Å². The van der Waals surface area contributed by atoms with Gasteiger partial charge in [0, 0.05) is 31.6 Å². The highest BCUT2D eigenvalue weighted by Crippen LogP contribution is 2.17. The molecule has 2 saturated heterocycles. The molecule has 7 heteroatoms. The van der Waals surface area contributed by atoms with Gasteiger partial charge in [0.15, 0.2) is 0 Å². The Morgan fingerprint density at radius 1 is 1.18 bits per heavy atom. The summed E-state index contributed by atoms with van der Waals surface area (Å²) < 4.78 is 0. The Kier molecular flexibility index (Phi) is 5.04. The largest absolute Gasteiger partial charge is 0.342 e. The average molecular weight is 322 g/mol. The first-order valence-electron chi connectivity index (χ1n) is 7.87. The lowest BCUT2D eigenvalue weighted by Crippen LogP contribution is -2.48. The predicted octanol–water partition coefficient (Wildman–Crippen LogP) is 0.582. The van der Waals surface area contributed by atoms with E-state index in [1.54, 1.807) is 16.2 Å². The van der Waals surface area contributed by atoms with Crippen molar-refractivity contribution in [2.45, 2.75) is 25.8 Å². The Hall–Kier alpha value is -1.47. The van der Waals surface area contributed by atoms with Crippen molar-refractivity contribution in [1.29, 1.82) is 0 Å². The zero-order valence-electron chi connectivity index (χ0n) is 12.7. The van der Waals surface area contributed by atoms with Gasteiger partial charge in [0.1, 0.15) is 5.01 Å². The molecule has 1 aromatic rings. The molecule has 1 aromatic heterocycles. The van der Waals surface area contributed by atoms with Crippen molar-refractivity contribution in [3.63, 3.8) is 0 Å². The van der Waals surface area contributed by atoms with Gasteiger partial charge in [-0.25, -0.2) is 4.98 Å². The first kappa shape index (κ1) is 15.4. The number of rotatable bonds is 5. The molecule has 2 aliphatic rings. The van der Waals surface area contributed by atoms with E-state index in [4.69, 9.17) is 0 Å². The van der Waals surface area contributed by atoms with Gasteiger partial charge in [0.2, 0.25) is 12.3 Å². The number of amides is 2. The Morgan fingerprint density at radius 3 is 2.59 bits per heavy atom. The maximum absolute atomic E-state index is 12.3. The molecule has 0 radical (unpaired) electrons. The van der Waals surface area contributed by atoms with Gasteiger partial charge >= 0.3 is 0 Å². The van der Waals surface area contributed by atoms with Crippen LogP contribution in [0.4, 0.5) is 0 Å². The summed E-state index contributed by atoms with van der Waals surface area (Å²) in [4.78, 5) is 33.5. The fourth-order valence-electron chi connectivity index (χ4n) is 2.98. The van der Waals surface area contributed by atoms with Crippen LogP contribution in [0.5, 0.6) is 0 Å². The van der Waals surface area contributed by atoms with E-state index in [2.05, 4.69) is 9.88 Å². The Bertz CT molecular complexity index is 519. The molecular formula is C15H22N4O2S. The molecule has 0 N–H and O–H groups in total. The second kappa shape index (κ2) is 7.19. The third-order valence-corrected chi connectivity index (χ3v) is 5.19. The van der Waals surface area contributed by atoms with E-state index in [1.807, 2.05) is 10.3 Å². The summed E-state index contributed by atoms with van der Waals surface area (Å²) >= 11 is 1.65. The first-order chi connectivity index (χ1) is 10.7. The molecule has 22 heavy (non-hydrogen) atoms. The number of hydrogen-bond acceptors (Lipinski definition) is 5. The third-order valence-electron chi connectivity index (χ3n) is 4.31. The van der Waals surface area contributed by atoms with Crippen LogP contribution in [0, 0.1) is 0 Å². The van der Waals surface area contributed by atoms with E-state index in [0.717, 1.165) is 36.7 Å². The second-order valence-corrected chi connectivity index (χ2v) is 6.86. The summed E-state index contributed by atoms with van der Waals surface area (Å²) in [6, 6.07) is 0. The molecule has 120 valence electrons. The number of carbonyl (C=O) groups is 2. The highest BCUT2D eigenvalue weighted by Gasteiger charge is 2.21. The fourth-order valence-corrected chi connectivity index (χ4v) is 3.81. The molecule has 3 heterocycles. The Morgan fingerprint density at radius 2 is 1.91 bits per heavy atom. The van der Waals surface area contributed by atoms with Crippen LogP contribution in [-0.2, 0) is 22.6 Å². The van der Waals surface area contributed by atoms with Crippen LogP contribution >= 0.6 is 11.3 Å². The zero-order valence-corrected chi connectivity index (χ0v) is 13.6. The van der Waals surface area contributed by atoms with Gasteiger partial charge < -0.3 is 9.80 Å². The van der Waals surface area contributed by atoms with Gasteiger partial charge in [-0.2, -0.15) is 0 Å². The van der Waals surface area contributed by atoms with Crippen LogP contribution in [0.25, 0.3) is 0 Å². The highest BCUT2D eigenvalue weighted by atomic mass is 32.1. The van der Waals surface area contributed by atoms with Gasteiger partial charge in [0.05, 0.1) is 18.7 Å². The van der Waals surface area contributed by atoms with Crippen molar-refractivity contribution in [1.82, 2.24) is 19.7 Å². The maximum Gasteiger partial charge on any atom is 0.228 e. The van der Waals surface area contributed by atoms with Crippen molar-refractivity contribution >= 4 is 23.7 Å². The molecule has 0 aliphatic carbocycles. The van der Waals surface area contributed by atoms with Crippen molar-refractivity contribution in [3.8, 4) is 0 Å². The predicted molar refractivity (Wildman–Crippen MR) is 84.5 cm³/mol. The monoisotopic (exact) mass is 322 g/mol. The molecule has 0 atom stereocenters. The summed E-state index contributed by atoms with van der Waals surface area (Å²) in [5, 5.41) is 3.11. The van der Waals surface area contributed by atoms with Crippen LogP contribution in [0.15, 0.2) is 5.38 Å². The molecule has 0 unspecified atom stereocenters. The van der Waals surface area contributed by atoms with Crippen LogP contribution in [0.3, 0.4) is 0 Å². The molecule has 0 saturated carbocycles. The van der Waals surface area contributed by atoms with Crippen LogP contribution in [0.1, 0.15) is 23.5 Å². The van der Waals surface area contributed by atoms with E-state index >= 15 is 0 Å². The smallest absolute Gasteiger partial charge is 0.228 e. The van der Waals surface area contributed by atoms with Crippen molar-refractivity contribution < 1.29 is 9.59 Å². The van der Waals surface area contributed by atoms with Crippen molar-refractivity contribution in [2.75, 3.05) is 39.3 Å². The molecule has 0 spiro atoms. The van der Waals surface area contributed by atoms with E-state index < -0.39 is 0 Å². The standard InChI is InChI=1S/C15H22N4O2S/c20-12-18-5-7-19(8-6-18)15(21)9-13-11-22-14(16-13)10-17-3-1-2-4-17/h11-12H,1-10H2. The van der Waals surface area contributed by atoms with Crippen molar-refractivity contribution in [3.05, 3.63) is 16.1 Å². The lowest BCUT2D eigenvalue weighted by molar-refractivity contribution is -0.134. The SMILES string of the molecule is O=CN1CCN(C(=O)Cc2csc(CN3CCCC3)n2)CC1. The van der Waals surface area contributed by atoms with Gasteiger partial charge in [-0.3, -0.25) is 14.5 Å². The maximum atomic E-state index is 12.3. The van der Waals surface area contributed by atoms with E-state index in [9.17, 15) is 9.59 Å². The molecule has 3 rings (SSSR count). The summed E-state index contributed by atoms with van der Waals surface area (Å²) in [6.45, 7) is 5.75. The lowest BCUT2D eigenvalue weighted by atomic mass is 10.2.